The summed E-state index contributed by atoms with van der Waals surface area (Å²) >= 11 is 5.94. The number of rotatable bonds is 8. The van der Waals surface area contributed by atoms with Crippen molar-refractivity contribution in [1.82, 2.24) is 14.6 Å². The van der Waals surface area contributed by atoms with Crippen LogP contribution in [0.15, 0.2) is 36.7 Å². The zero-order valence-electron chi connectivity index (χ0n) is 21.2. The molecule has 0 saturated carbocycles. The molecule has 2 aliphatic heterocycles. The Morgan fingerprint density at radius 2 is 2.00 bits per heavy atom. The van der Waals surface area contributed by atoms with Crippen molar-refractivity contribution in [2.45, 2.75) is 50.7 Å². The molecule has 1 amide bonds. The summed E-state index contributed by atoms with van der Waals surface area (Å²) in [6, 6.07) is 7.35. The number of morpholine rings is 1. The Kier molecular flexibility index (Phi) is 8.85. The first-order valence-electron chi connectivity index (χ1n) is 12.6. The van der Waals surface area contributed by atoms with Crippen LogP contribution in [0.5, 0.6) is 0 Å². The van der Waals surface area contributed by atoms with Crippen LogP contribution in [0.1, 0.15) is 37.3 Å². The Morgan fingerprint density at radius 3 is 2.68 bits per heavy atom. The quantitative estimate of drug-likeness (QED) is 0.520. The van der Waals surface area contributed by atoms with Gasteiger partial charge in [0.15, 0.2) is 0 Å². The molecule has 4 rings (SSSR count). The number of carbonyl (C=O) groups excluding carboxylic acids is 1. The van der Waals surface area contributed by atoms with Crippen molar-refractivity contribution in [3.05, 3.63) is 58.6 Å². The minimum Gasteiger partial charge on any atom is -0.369 e. The fourth-order valence-electron chi connectivity index (χ4n) is 5.03. The number of nitrogens with one attached hydrogen (secondary N) is 2. The molecule has 1 spiro atoms. The smallest absolute Gasteiger partial charge is 0.227 e. The maximum absolute atomic E-state index is 14.8. The molecule has 2 saturated heterocycles. The molecule has 0 aliphatic carbocycles. The van der Waals surface area contributed by atoms with Crippen LogP contribution in [0.2, 0.25) is 5.02 Å². The van der Waals surface area contributed by atoms with Crippen molar-refractivity contribution in [3.8, 4) is 0 Å². The van der Waals surface area contributed by atoms with E-state index in [4.69, 9.17) is 16.3 Å². The van der Waals surface area contributed by atoms with Crippen molar-refractivity contribution in [2.24, 2.45) is 5.92 Å². The van der Waals surface area contributed by atoms with Crippen molar-refractivity contribution in [2.75, 3.05) is 37.8 Å². The summed E-state index contributed by atoms with van der Waals surface area (Å²) in [6.07, 6.45) is 6.38. The fourth-order valence-corrected chi connectivity index (χ4v) is 6.00. The highest BCUT2D eigenvalue weighted by molar-refractivity contribution is 7.88. The van der Waals surface area contributed by atoms with Crippen molar-refractivity contribution >= 4 is 33.2 Å². The summed E-state index contributed by atoms with van der Waals surface area (Å²) in [5, 5.41) is 6.91. The molecule has 8 nitrogen and oxygen atoms in total. The van der Waals surface area contributed by atoms with E-state index in [0.29, 0.717) is 74.6 Å². The van der Waals surface area contributed by atoms with Crippen molar-refractivity contribution in [3.63, 3.8) is 0 Å². The zero-order valence-corrected chi connectivity index (χ0v) is 22.7. The van der Waals surface area contributed by atoms with Crippen LogP contribution in [0, 0.1) is 11.7 Å². The van der Waals surface area contributed by atoms with Crippen molar-refractivity contribution < 1.29 is 22.3 Å². The number of halogens is 2. The Morgan fingerprint density at radius 1 is 1.30 bits per heavy atom. The van der Waals surface area contributed by atoms with E-state index in [9.17, 15) is 17.6 Å². The molecule has 3 heterocycles. The molecular formula is C26H34ClFN4O4S. The second kappa shape index (κ2) is 11.7. The third-order valence-corrected chi connectivity index (χ3v) is 8.78. The fraction of sp³-hybridized carbons (Fsp3) is 0.538. The third-order valence-electron chi connectivity index (χ3n) is 7.22. The summed E-state index contributed by atoms with van der Waals surface area (Å²) in [6.45, 7) is 3.97. The van der Waals surface area contributed by atoms with E-state index in [1.54, 1.807) is 12.1 Å². The lowest BCUT2D eigenvalue weighted by atomic mass is 9.89. The summed E-state index contributed by atoms with van der Waals surface area (Å²) in [4.78, 5) is 16.8. The van der Waals surface area contributed by atoms with Gasteiger partial charge in [0.2, 0.25) is 15.9 Å². The average Bonchev–Trinajstić information content (AvgIpc) is 2.85. The van der Waals surface area contributed by atoms with Gasteiger partial charge in [-0.05, 0) is 49.8 Å². The van der Waals surface area contributed by atoms with Gasteiger partial charge in [-0.15, -0.1) is 0 Å². The van der Waals surface area contributed by atoms with E-state index in [2.05, 4.69) is 15.6 Å². The Hall–Kier alpha value is -2.11. The summed E-state index contributed by atoms with van der Waals surface area (Å²) in [5.41, 5.74) is 1.34. The molecule has 11 heteroatoms. The highest BCUT2D eigenvalue weighted by atomic mass is 35.5. The van der Waals surface area contributed by atoms with E-state index < -0.39 is 21.4 Å². The molecule has 2 N–H and O–H groups in total. The van der Waals surface area contributed by atoms with E-state index in [1.165, 1.54) is 16.8 Å². The number of hydrogen-bond acceptors (Lipinski definition) is 6. The van der Waals surface area contributed by atoms with Gasteiger partial charge in [0.05, 0.1) is 36.0 Å². The van der Waals surface area contributed by atoms with E-state index in [0.717, 1.165) is 11.8 Å². The number of anilines is 1. The average molecular weight is 553 g/mol. The molecule has 0 bridgehead atoms. The standard InChI is InChI=1S/C26H34ClFN4O4S/c1-18(13-19-3-5-20(27)6-4-19)25(33)31-24-16-29-15-23(28)22(24)8-7-21-14-30-17-26(36-21)9-11-32(12-10-26)37(2,34)35/h3-6,15-16,18,21,30H,7-14,17H2,1-2H3,(H,31,33)/t18-,21+/m0/s1. The van der Waals surface area contributed by atoms with Gasteiger partial charge >= 0.3 is 0 Å². The lowest BCUT2D eigenvalue weighted by Crippen LogP contribution is -2.58. The number of piperidine rings is 1. The summed E-state index contributed by atoms with van der Waals surface area (Å²) < 4.78 is 46.5. The number of amides is 1. The minimum atomic E-state index is -3.22. The van der Waals surface area contributed by atoms with Gasteiger partial charge in [-0.25, -0.2) is 17.1 Å². The first-order chi connectivity index (χ1) is 17.5. The second-order valence-corrected chi connectivity index (χ2v) is 12.5. The van der Waals surface area contributed by atoms with Gasteiger partial charge in [0, 0.05) is 42.7 Å². The molecule has 2 aliphatic rings. The van der Waals surface area contributed by atoms with Crippen LogP contribution in [0.4, 0.5) is 10.1 Å². The molecule has 2 atom stereocenters. The number of nitrogens with zero attached hydrogens (tertiary/aromatic N) is 2. The molecular weight excluding hydrogens is 519 g/mol. The molecule has 2 fully saturated rings. The van der Waals surface area contributed by atoms with Crippen LogP contribution in [0.25, 0.3) is 0 Å². The molecule has 2 aromatic rings. The largest absolute Gasteiger partial charge is 0.369 e. The number of ether oxygens (including phenoxy) is 1. The predicted molar refractivity (Wildman–Crippen MR) is 142 cm³/mol. The summed E-state index contributed by atoms with van der Waals surface area (Å²) in [5.74, 6) is -1.01. The molecule has 0 unspecified atom stereocenters. The zero-order chi connectivity index (χ0) is 26.6. The molecule has 202 valence electrons. The number of carbonyl (C=O) groups is 1. The number of hydrogen-bond donors (Lipinski definition) is 2. The first-order valence-corrected chi connectivity index (χ1v) is 14.8. The molecule has 1 aromatic heterocycles. The predicted octanol–water partition coefficient (Wildman–Crippen LogP) is 3.41. The Bertz CT molecular complexity index is 1200. The van der Waals surface area contributed by atoms with Crippen LogP contribution in [-0.2, 0) is 32.4 Å². The van der Waals surface area contributed by atoms with Crippen LogP contribution in [0.3, 0.4) is 0 Å². The van der Waals surface area contributed by atoms with Crippen LogP contribution < -0.4 is 10.6 Å². The maximum Gasteiger partial charge on any atom is 0.227 e. The van der Waals surface area contributed by atoms with Crippen LogP contribution in [-0.4, -0.2) is 67.8 Å². The minimum absolute atomic E-state index is 0.154. The third kappa shape index (κ3) is 7.26. The van der Waals surface area contributed by atoms with E-state index in [1.807, 2.05) is 19.1 Å². The topological polar surface area (TPSA) is 101 Å². The molecule has 37 heavy (non-hydrogen) atoms. The maximum atomic E-state index is 14.8. The van der Waals surface area contributed by atoms with Gasteiger partial charge < -0.3 is 15.4 Å². The second-order valence-electron chi connectivity index (χ2n) is 10.1. The van der Waals surface area contributed by atoms with Gasteiger partial charge in [-0.2, -0.15) is 0 Å². The summed E-state index contributed by atoms with van der Waals surface area (Å²) in [7, 11) is -3.22. The SMILES string of the molecule is C[C@@H](Cc1ccc(Cl)cc1)C(=O)Nc1cncc(F)c1CC[C@@H]1CNCC2(CCN(S(C)(=O)=O)CC2)O1. The lowest BCUT2D eigenvalue weighted by Gasteiger charge is -2.46. The molecule has 1 aromatic carbocycles. The number of aromatic nitrogens is 1. The normalized spacial score (nSPS) is 21.0. The molecule has 0 radical (unpaired) electrons. The number of sulfonamides is 1. The van der Waals surface area contributed by atoms with Gasteiger partial charge in [0.25, 0.3) is 0 Å². The number of pyridine rings is 1. The first kappa shape index (κ1) is 27.9. The van der Waals surface area contributed by atoms with Gasteiger partial charge in [-0.1, -0.05) is 30.7 Å². The van der Waals surface area contributed by atoms with Crippen molar-refractivity contribution in [1.29, 1.82) is 0 Å². The highest BCUT2D eigenvalue weighted by Gasteiger charge is 2.41. The van der Waals surface area contributed by atoms with Crippen LogP contribution >= 0.6 is 11.6 Å². The van der Waals surface area contributed by atoms with Gasteiger partial charge in [0.1, 0.15) is 5.82 Å². The number of benzene rings is 1. The Balaban J connectivity index is 1.36. The van der Waals surface area contributed by atoms with E-state index in [-0.39, 0.29) is 17.9 Å². The van der Waals surface area contributed by atoms with E-state index >= 15 is 0 Å². The Labute approximate surface area is 223 Å². The lowest BCUT2D eigenvalue weighted by molar-refractivity contribution is -0.137. The monoisotopic (exact) mass is 552 g/mol. The highest BCUT2D eigenvalue weighted by Crippen LogP contribution is 2.32. The van der Waals surface area contributed by atoms with Gasteiger partial charge in [-0.3, -0.25) is 9.78 Å².